The summed E-state index contributed by atoms with van der Waals surface area (Å²) in [5.41, 5.74) is 0. The molecule has 1 atom stereocenters. The van der Waals surface area contributed by atoms with Crippen LogP contribution in [0, 0.1) is 0 Å². The molecule has 0 aromatic carbocycles. The molecule has 92 valence electrons. The van der Waals surface area contributed by atoms with Crippen molar-refractivity contribution in [3.63, 3.8) is 0 Å². The van der Waals surface area contributed by atoms with Crippen LogP contribution in [0.1, 0.15) is 39.5 Å². The van der Waals surface area contributed by atoms with E-state index in [1.807, 2.05) is 13.2 Å². The van der Waals surface area contributed by atoms with Crippen molar-refractivity contribution in [2.45, 2.75) is 44.8 Å². The summed E-state index contributed by atoms with van der Waals surface area (Å²) in [5.74, 6) is -2.27. The number of hydrogen-bond donors (Lipinski definition) is 0. The minimum atomic E-state index is -1.02. The minimum absolute atomic E-state index is 0.112. The molecule has 0 spiro atoms. The lowest BCUT2D eigenvalue weighted by Gasteiger charge is -2.09. The highest BCUT2D eigenvalue weighted by Gasteiger charge is 2.21. The summed E-state index contributed by atoms with van der Waals surface area (Å²) in [6, 6.07) is 0. The van der Waals surface area contributed by atoms with Crippen molar-refractivity contribution >= 4 is 29.5 Å². The number of esters is 2. The van der Waals surface area contributed by atoms with Crippen LogP contribution in [0.2, 0.25) is 0 Å². The SMILES string of the molecule is CCCC(=O)OC(=O)C(=O)CC(CC)SC. The summed E-state index contributed by atoms with van der Waals surface area (Å²) < 4.78 is 4.41. The zero-order valence-electron chi connectivity index (χ0n) is 9.95. The third kappa shape index (κ3) is 5.90. The minimum Gasteiger partial charge on any atom is -0.387 e. The molecule has 1 unspecified atom stereocenters. The topological polar surface area (TPSA) is 60.4 Å². The molecule has 0 aliphatic heterocycles. The molecule has 0 amide bonds. The predicted octanol–water partition coefficient (Wildman–Crippen LogP) is 1.96. The smallest absolute Gasteiger partial charge is 0.382 e. The van der Waals surface area contributed by atoms with Gasteiger partial charge >= 0.3 is 11.9 Å². The molecule has 0 aliphatic carbocycles. The molecule has 5 heteroatoms. The molecule has 0 radical (unpaired) electrons. The Morgan fingerprint density at radius 1 is 1.25 bits per heavy atom. The first-order valence-electron chi connectivity index (χ1n) is 5.35. The molecule has 0 heterocycles. The monoisotopic (exact) mass is 246 g/mol. The van der Waals surface area contributed by atoms with Gasteiger partial charge in [-0.15, -0.1) is 0 Å². The average Bonchev–Trinajstić information content (AvgIpc) is 2.25. The van der Waals surface area contributed by atoms with Gasteiger partial charge in [-0.05, 0) is 19.1 Å². The van der Waals surface area contributed by atoms with E-state index in [9.17, 15) is 14.4 Å². The fraction of sp³-hybridized carbons (Fsp3) is 0.727. The maximum Gasteiger partial charge on any atom is 0.382 e. The fourth-order valence-corrected chi connectivity index (χ4v) is 1.75. The van der Waals surface area contributed by atoms with E-state index in [-0.39, 0.29) is 18.1 Å². The van der Waals surface area contributed by atoms with Crippen LogP contribution in [0.3, 0.4) is 0 Å². The second-order valence-corrected chi connectivity index (χ2v) is 4.54. The summed E-state index contributed by atoms with van der Waals surface area (Å²) in [7, 11) is 0. The van der Waals surface area contributed by atoms with Crippen molar-refractivity contribution in [2.75, 3.05) is 6.26 Å². The molecular formula is C11H18O4S. The number of carbonyl (C=O) groups excluding carboxylic acids is 3. The third-order valence-electron chi connectivity index (χ3n) is 2.09. The Morgan fingerprint density at radius 3 is 2.31 bits per heavy atom. The molecule has 0 fully saturated rings. The second kappa shape index (κ2) is 8.33. The first-order chi connectivity index (χ1) is 7.54. The Hall–Kier alpha value is -0.840. The lowest BCUT2D eigenvalue weighted by atomic mass is 10.2. The maximum absolute atomic E-state index is 11.4. The van der Waals surface area contributed by atoms with Crippen LogP contribution in [0.15, 0.2) is 0 Å². The highest BCUT2D eigenvalue weighted by molar-refractivity contribution is 7.99. The lowest BCUT2D eigenvalue weighted by molar-refractivity contribution is -0.164. The van der Waals surface area contributed by atoms with Gasteiger partial charge in [-0.25, -0.2) is 4.79 Å². The van der Waals surface area contributed by atoms with Crippen LogP contribution in [0.5, 0.6) is 0 Å². The standard InChI is InChI=1S/C11H18O4S/c1-4-6-10(13)15-11(14)9(12)7-8(5-2)16-3/h8H,4-7H2,1-3H3. The summed E-state index contributed by atoms with van der Waals surface area (Å²) in [4.78, 5) is 33.5. The van der Waals surface area contributed by atoms with Crippen LogP contribution in [-0.4, -0.2) is 29.2 Å². The Labute approximate surface area is 100 Å². The van der Waals surface area contributed by atoms with Crippen molar-refractivity contribution in [3.05, 3.63) is 0 Å². The lowest BCUT2D eigenvalue weighted by Crippen LogP contribution is -2.24. The Morgan fingerprint density at radius 2 is 1.88 bits per heavy atom. The maximum atomic E-state index is 11.4. The normalized spacial score (nSPS) is 11.9. The van der Waals surface area contributed by atoms with Gasteiger partial charge in [0, 0.05) is 18.1 Å². The predicted molar refractivity (Wildman–Crippen MR) is 63.2 cm³/mol. The van der Waals surface area contributed by atoms with Gasteiger partial charge in [-0.1, -0.05) is 13.8 Å². The van der Waals surface area contributed by atoms with E-state index in [4.69, 9.17) is 0 Å². The number of carbonyl (C=O) groups is 3. The van der Waals surface area contributed by atoms with E-state index in [0.29, 0.717) is 6.42 Å². The Bertz CT molecular complexity index is 259. The number of ether oxygens (including phenoxy) is 1. The number of hydrogen-bond acceptors (Lipinski definition) is 5. The van der Waals surface area contributed by atoms with Crippen LogP contribution in [0.25, 0.3) is 0 Å². The van der Waals surface area contributed by atoms with Gasteiger partial charge < -0.3 is 4.74 Å². The molecule has 0 bridgehead atoms. The number of ketones is 1. The van der Waals surface area contributed by atoms with Crippen molar-refractivity contribution in [2.24, 2.45) is 0 Å². The molecular weight excluding hydrogens is 228 g/mol. The largest absolute Gasteiger partial charge is 0.387 e. The van der Waals surface area contributed by atoms with Gasteiger partial charge in [0.15, 0.2) is 0 Å². The quantitative estimate of drug-likeness (QED) is 0.390. The van der Waals surface area contributed by atoms with Crippen molar-refractivity contribution in [3.8, 4) is 0 Å². The first kappa shape index (κ1) is 15.2. The molecule has 0 saturated heterocycles. The van der Waals surface area contributed by atoms with E-state index in [1.54, 1.807) is 6.92 Å². The highest BCUT2D eigenvalue weighted by Crippen LogP contribution is 2.15. The molecule has 0 aliphatic rings. The number of rotatable bonds is 7. The summed E-state index contributed by atoms with van der Waals surface area (Å²) in [6.45, 7) is 3.75. The zero-order chi connectivity index (χ0) is 12.6. The van der Waals surface area contributed by atoms with Crippen molar-refractivity contribution in [1.29, 1.82) is 0 Å². The molecule has 0 aromatic heterocycles. The first-order valence-corrected chi connectivity index (χ1v) is 6.64. The van der Waals surface area contributed by atoms with Gasteiger partial charge in [0.2, 0.25) is 5.78 Å². The molecule has 0 saturated carbocycles. The van der Waals surface area contributed by atoms with E-state index in [2.05, 4.69) is 4.74 Å². The molecule has 0 rings (SSSR count). The van der Waals surface area contributed by atoms with Crippen LogP contribution in [0.4, 0.5) is 0 Å². The molecule has 4 nitrogen and oxygen atoms in total. The van der Waals surface area contributed by atoms with Gasteiger partial charge in [-0.2, -0.15) is 11.8 Å². The van der Waals surface area contributed by atoms with E-state index < -0.39 is 17.7 Å². The average molecular weight is 246 g/mol. The summed E-state index contributed by atoms with van der Waals surface area (Å²) >= 11 is 1.53. The van der Waals surface area contributed by atoms with Gasteiger partial charge in [-0.3, -0.25) is 9.59 Å². The van der Waals surface area contributed by atoms with Gasteiger partial charge in [0.05, 0.1) is 0 Å². The molecule has 0 aromatic rings. The van der Waals surface area contributed by atoms with E-state index in [0.717, 1.165) is 6.42 Å². The van der Waals surface area contributed by atoms with Gasteiger partial charge in [0.25, 0.3) is 0 Å². The number of thioether (sulfide) groups is 1. The van der Waals surface area contributed by atoms with E-state index >= 15 is 0 Å². The third-order valence-corrected chi connectivity index (χ3v) is 3.26. The zero-order valence-corrected chi connectivity index (χ0v) is 10.8. The number of Topliss-reactive ketones (excluding diaryl/α,β-unsaturated/α-hetero) is 1. The Balaban J connectivity index is 4.08. The van der Waals surface area contributed by atoms with E-state index in [1.165, 1.54) is 11.8 Å². The van der Waals surface area contributed by atoms with Crippen molar-refractivity contribution < 1.29 is 19.1 Å². The molecule has 0 N–H and O–H groups in total. The van der Waals surface area contributed by atoms with Gasteiger partial charge in [0.1, 0.15) is 0 Å². The van der Waals surface area contributed by atoms with Crippen LogP contribution in [-0.2, 0) is 19.1 Å². The Kier molecular flexibility index (Phi) is 7.89. The fourth-order valence-electron chi connectivity index (χ4n) is 1.10. The summed E-state index contributed by atoms with van der Waals surface area (Å²) in [6.07, 6.45) is 3.59. The van der Waals surface area contributed by atoms with Crippen LogP contribution < -0.4 is 0 Å². The van der Waals surface area contributed by atoms with Crippen molar-refractivity contribution in [1.82, 2.24) is 0 Å². The van der Waals surface area contributed by atoms with Crippen LogP contribution >= 0.6 is 11.8 Å². The highest BCUT2D eigenvalue weighted by atomic mass is 32.2. The second-order valence-electron chi connectivity index (χ2n) is 3.40. The molecule has 16 heavy (non-hydrogen) atoms. The summed E-state index contributed by atoms with van der Waals surface area (Å²) in [5, 5.41) is 0.112.